The van der Waals surface area contributed by atoms with Gasteiger partial charge in [-0.25, -0.2) is 0 Å². The van der Waals surface area contributed by atoms with Gasteiger partial charge in [0.1, 0.15) is 11.5 Å². The van der Waals surface area contributed by atoms with Gasteiger partial charge in [-0.15, -0.1) is 0 Å². The highest BCUT2D eigenvalue weighted by Gasteiger charge is 2.13. The Morgan fingerprint density at radius 1 is 0.771 bits per heavy atom. The van der Waals surface area contributed by atoms with Gasteiger partial charge in [0.2, 0.25) is 5.91 Å². The van der Waals surface area contributed by atoms with E-state index in [0.717, 1.165) is 50.3 Å². The fraction of sp³-hybridized carbons (Fsp3) is 0.207. The molecule has 6 heteroatoms. The monoisotopic (exact) mass is 469 g/mol. The number of carbonyl (C=O) groups excluding carboxylic acids is 1. The SMILES string of the molecule is COc1ccc(CNc2cc(CCC(N)=O)c(NCc3ccc(OC)cc3)c3ccccc23)cc1. The molecule has 0 saturated heterocycles. The van der Waals surface area contributed by atoms with Gasteiger partial charge in [-0.3, -0.25) is 4.79 Å². The summed E-state index contributed by atoms with van der Waals surface area (Å²) < 4.78 is 10.5. The Morgan fingerprint density at radius 3 is 1.86 bits per heavy atom. The van der Waals surface area contributed by atoms with Crippen molar-refractivity contribution in [2.24, 2.45) is 5.73 Å². The van der Waals surface area contributed by atoms with E-state index >= 15 is 0 Å². The maximum absolute atomic E-state index is 11.6. The molecule has 0 heterocycles. The third-order valence-electron chi connectivity index (χ3n) is 6.04. The molecule has 4 N–H and O–H groups in total. The minimum absolute atomic E-state index is 0.285. The molecule has 4 rings (SSSR count). The average molecular weight is 470 g/mol. The van der Waals surface area contributed by atoms with Crippen LogP contribution in [0.4, 0.5) is 11.4 Å². The van der Waals surface area contributed by atoms with E-state index in [4.69, 9.17) is 15.2 Å². The number of benzene rings is 4. The Hall–Kier alpha value is -4.19. The molecule has 35 heavy (non-hydrogen) atoms. The van der Waals surface area contributed by atoms with Gasteiger partial charge >= 0.3 is 0 Å². The van der Waals surface area contributed by atoms with Crippen molar-refractivity contribution in [1.82, 2.24) is 0 Å². The van der Waals surface area contributed by atoms with E-state index in [1.165, 1.54) is 0 Å². The fourth-order valence-corrected chi connectivity index (χ4v) is 4.12. The van der Waals surface area contributed by atoms with E-state index in [1.54, 1.807) is 14.2 Å². The maximum atomic E-state index is 11.6. The summed E-state index contributed by atoms with van der Waals surface area (Å²) in [6, 6.07) is 26.4. The lowest BCUT2D eigenvalue weighted by Gasteiger charge is -2.19. The van der Waals surface area contributed by atoms with Gasteiger partial charge in [0.05, 0.1) is 14.2 Å². The minimum atomic E-state index is -0.313. The van der Waals surface area contributed by atoms with Crippen molar-refractivity contribution in [3.8, 4) is 11.5 Å². The van der Waals surface area contributed by atoms with Gasteiger partial charge in [0.25, 0.3) is 0 Å². The lowest BCUT2D eigenvalue weighted by molar-refractivity contribution is -0.117. The maximum Gasteiger partial charge on any atom is 0.217 e. The summed E-state index contributed by atoms with van der Waals surface area (Å²) in [6.45, 7) is 1.32. The number of ether oxygens (including phenoxy) is 2. The van der Waals surface area contributed by atoms with Crippen LogP contribution in [-0.4, -0.2) is 20.1 Å². The van der Waals surface area contributed by atoms with E-state index in [0.29, 0.717) is 19.5 Å². The van der Waals surface area contributed by atoms with Crippen molar-refractivity contribution < 1.29 is 14.3 Å². The van der Waals surface area contributed by atoms with Crippen molar-refractivity contribution in [1.29, 1.82) is 0 Å². The number of fused-ring (bicyclic) bond motifs is 1. The molecule has 0 aromatic heterocycles. The molecule has 4 aromatic rings. The molecule has 0 aliphatic carbocycles. The van der Waals surface area contributed by atoms with E-state index in [9.17, 15) is 4.79 Å². The normalized spacial score (nSPS) is 10.7. The van der Waals surface area contributed by atoms with Crippen LogP contribution in [0.3, 0.4) is 0 Å². The summed E-state index contributed by atoms with van der Waals surface area (Å²) in [6.07, 6.45) is 0.843. The summed E-state index contributed by atoms with van der Waals surface area (Å²) >= 11 is 0. The van der Waals surface area contributed by atoms with Gasteiger partial charge in [0, 0.05) is 41.7 Å². The first-order valence-electron chi connectivity index (χ1n) is 11.6. The molecule has 0 aliphatic heterocycles. The zero-order valence-corrected chi connectivity index (χ0v) is 20.1. The van der Waals surface area contributed by atoms with Crippen LogP contribution in [0.5, 0.6) is 11.5 Å². The lowest BCUT2D eigenvalue weighted by atomic mass is 9.98. The number of aryl methyl sites for hydroxylation is 1. The Kier molecular flexibility index (Phi) is 7.73. The Morgan fingerprint density at radius 2 is 1.31 bits per heavy atom. The first kappa shape index (κ1) is 24.0. The topological polar surface area (TPSA) is 85.6 Å². The summed E-state index contributed by atoms with van der Waals surface area (Å²) in [4.78, 5) is 11.6. The predicted molar refractivity (Wildman–Crippen MR) is 142 cm³/mol. The second-order valence-electron chi connectivity index (χ2n) is 8.37. The molecule has 0 aliphatic rings. The molecular weight excluding hydrogens is 438 g/mol. The number of nitrogens with one attached hydrogen (secondary N) is 2. The second-order valence-corrected chi connectivity index (χ2v) is 8.37. The second kappa shape index (κ2) is 11.3. The summed E-state index contributed by atoms with van der Waals surface area (Å²) in [5.74, 6) is 1.35. The van der Waals surface area contributed by atoms with Crippen LogP contribution in [-0.2, 0) is 24.3 Å². The number of primary amides is 1. The zero-order chi connectivity index (χ0) is 24.6. The zero-order valence-electron chi connectivity index (χ0n) is 20.1. The van der Waals surface area contributed by atoms with E-state index in [-0.39, 0.29) is 12.3 Å². The van der Waals surface area contributed by atoms with Crippen LogP contribution < -0.4 is 25.8 Å². The smallest absolute Gasteiger partial charge is 0.217 e. The number of rotatable bonds is 11. The van der Waals surface area contributed by atoms with Gasteiger partial charge in [0.15, 0.2) is 0 Å². The van der Waals surface area contributed by atoms with Crippen LogP contribution in [0.1, 0.15) is 23.1 Å². The minimum Gasteiger partial charge on any atom is -0.497 e. The van der Waals surface area contributed by atoms with Gasteiger partial charge in [-0.2, -0.15) is 0 Å². The van der Waals surface area contributed by atoms with Gasteiger partial charge in [-0.1, -0.05) is 48.5 Å². The standard InChI is InChI=1S/C29H31N3O3/c1-34-23-12-7-20(8-13-23)18-31-27-17-22(11-16-28(30)33)29(26-6-4-3-5-25(26)27)32-19-21-9-14-24(35-2)15-10-21/h3-10,12-15,17,31-32H,11,16,18-19H2,1-2H3,(H2,30,33). The van der Waals surface area contributed by atoms with Crippen LogP contribution in [0.15, 0.2) is 78.9 Å². The number of methoxy groups -OCH3 is 2. The summed E-state index contributed by atoms with van der Waals surface area (Å²) in [5, 5.41) is 9.41. The van der Waals surface area contributed by atoms with Crippen molar-refractivity contribution in [2.45, 2.75) is 25.9 Å². The molecule has 0 atom stereocenters. The Labute approximate surface area is 206 Å². The lowest BCUT2D eigenvalue weighted by Crippen LogP contribution is -2.13. The van der Waals surface area contributed by atoms with Gasteiger partial charge < -0.3 is 25.8 Å². The molecule has 0 fully saturated rings. The van der Waals surface area contributed by atoms with E-state index < -0.39 is 0 Å². The number of hydrogen-bond donors (Lipinski definition) is 3. The molecule has 6 nitrogen and oxygen atoms in total. The molecule has 180 valence electrons. The largest absolute Gasteiger partial charge is 0.497 e. The molecule has 1 amide bonds. The predicted octanol–water partition coefficient (Wildman–Crippen LogP) is 5.50. The molecule has 0 radical (unpaired) electrons. The highest BCUT2D eigenvalue weighted by Crippen LogP contribution is 2.35. The molecule has 0 saturated carbocycles. The van der Waals surface area contributed by atoms with Crippen molar-refractivity contribution in [2.75, 3.05) is 24.9 Å². The Balaban J connectivity index is 1.64. The molecule has 4 aromatic carbocycles. The molecule has 0 spiro atoms. The van der Waals surface area contributed by atoms with Crippen LogP contribution in [0, 0.1) is 0 Å². The van der Waals surface area contributed by atoms with Crippen molar-refractivity contribution in [3.63, 3.8) is 0 Å². The fourth-order valence-electron chi connectivity index (χ4n) is 4.12. The number of nitrogens with two attached hydrogens (primary N) is 1. The third kappa shape index (κ3) is 6.03. The highest BCUT2D eigenvalue weighted by molar-refractivity contribution is 6.03. The molecule has 0 unspecified atom stereocenters. The van der Waals surface area contributed by atoms with Crippen LogP contribution >= 0.6 is 0 Å². The molecular formula is C29H31N3O3. The summed E-state index contributed by atoms with van der Waals surface area (Å²) in [7, 11) is 3.33. The number of carbonyl (C=O) groups is 1. The Bertz CT molecular complexity index is 1290. The third-order valence-corrected chi connectivity index (χ3v) is 6.04. The first-order valence-corrected chi connectivity index (χ1v) is 11.6. The average Bonchev–Trinajstić information content (AvgIpc) is 2.90. The van der Waals surface area contributed by atoms with Crippen LogP contribution in [0.2, 0.25) is 0 Å². The van der Waals surface area contributed by atoms with Crippen molar-refractivity contribution in [3.05, 3.63) is 95.6 Å². The summed E-state index contributed by atoms with van der Waals surface area (Å²) in [5.41, 5.74) is 10.9. The van der Waals surface area contributed by atoms with Gasteiger partial charge in [-0.05, 0) is 53.4 Å². The van der Waals surface area contributed by atoms with E-state index in [2.05, 4.69) is 28.8 Å². The number of anilines is 2. The first-order chi connectivity index (χ1) is 17.1. The number of amides is 1. The van der Waals surface area contributed by atoms with Crippen LogP contribution in [0.25, 0.3) is 10.8 Å². The number of hydrogen-bond acceptors (Lipinski definition) is 5. The highest BCUT2D eigenvalue weighted by atomic mass is 16.5. The quantitative estimate of drug-likeness (QED) is 0.270. The molecule has 0 bridgehead atoms. The van der Waals surface area contributed by atoms with Crippen molar-refractivity contribution >= 4 is 28.1 Å². The van der Waals surface area contributed by atoms with E-state index in [1.807, 2.05) is 60.7 Å².